The molecule has 0 atom stereocenters. The Balaban J connectivity index is 1.24. The summed E-state index contributed by atoms with van der Waals surface area (Å²) in [6, 6.07) is 0. The summed E-state index contributed by atoms with van der Waals surface area (Å²) >= 11 is 0. The van der Waals surface area contributed by atoms with E-state index < -0.39 is 0 Å². The minimum absolute atomic E-state index is 0.665. The van der Waals surface area contributed by atoms with Gasteiger partial charge in [-0.25, -0.2) is 0 Å². The van der Waals surface area contributed by atoms with Crippen molar-refractivity contribution < 1.29 is 0 Å². The predicted molar refractivity (Wildman–Crippen MR) is 95.6 cm³/mol. The first kappa shape index (κ1) is 16.3. The molecule has 0 aliphatic carbocycles. The van der Waals surface area contributed by atoms with Crippen LogP contribution in [-0.4, -0.2) is 80.8 Å². The standard InChI is InChI=1S/C19H36N4/c1-21-11-4-19(5-12-21)8-15-23(16-19)17-22-13-6-18(7-14-22)2-9-20-10-3-18/h20H,2-17H2,1H3. The molecule has 0 amide bonds. The summed E-state index contributed by atoms with van der Waals surface area (Å²) in [5.74, 6) is 0. The molecule has 0 bridgehead atoms. The van der Waals surface area contributed by atoms with Gasteiger partial charge in [-0.15, -0.1) is 0 Å². The summed E-state index contributed by atoms with van der Waals surface area (Å²) in [5.41, 5.74) is 1.36. The molecule has 4 aliphatic heterocycles. The smallest absolute Gasteiger partial charge is 0.0506 e. The van der Waals surface area contributed by atoms with Gasteiger partial charge in [-0.05, 0) is 109 Å². The van der Waals surface area contributed by atoms with E-state index in [1.54, 1.807) is 0 Å². The Labute approximate surface area is 142 Å². The van der Waals surface area contributed by atoms with Crippen LogP contribution in [0.25, 0.3) is 0 Å². The fraction of sp³-hybridized carbons (Fsp3) is 1.00. The molecule has 4 aliphatic rings. The number of hydrogen-bond donors (Lipinski definition) is 1. The van der Waals surface area contributed by atoms with E-state index in [1.807, 2.05) is 0 Å². The number of piperidine rings is 3. The quantitative estimate of drug-likeness (QED) is 0.838. The molecule has 0 aromatic heterocycles. The van der Waals surface area contributed by atoms with E-state index in [0.29, 0.717) is 10.8 Å². The lowest BCUT2D eigenvalue weighted by molar-refractivity contribution is 0.0385. The zero-order valence-electron chi connectivity index (χ0n) is 15.2. The normalized spacial score (nSPS) is 32.7. The molecule has 4 nitrogen and oxygen atoms in total. The molecule has 132 valence electrons. The highest BCUT2D eigenvalue weighted by Crippen LogP contribution is 2.42. The fourth-order valence-electron chi connectivity index (χ4n) is 5.56. The molecule has 4 rings (SSSR count). The van der Waals surface area contributed by atoms with Gasteiger partial charge in [-0.1, -0.05) is 0 Å². The van der Waals surface area contributed by atoms with Gasteiger partial charge in [-0.2, -0.15) is 0 Å². The highest BCUT2D eigenvalue weighted by molar-refractivity contribution is 4.94. The second-order valence-corrected chi connectivity index (χ2v) is 9.12. The van der Waals surface area contributed by atoms with Crippen molar-refractivity contribution in [1.29, 1.82) is 0 Å². The highest BCUT2D eigenvalue weighted by atomic mass is 15.3. The number of likely N-dealkylation sites (tertiary alicyclic amines) is 3. The van der Waals surface area contributed by atoms with Crippen molar-refractivity contribution in [2.45, 2.75) is 44.9 Å². The summed E-state index contributed by atoms with van der Waals surface area (Å²) in [7, 11) is 2.28. The lowest BCUT2D eigenvalue weighted by atomic mass is 9.72. The predicted octanol–water partition coefficient (Wildman–Crippen LogP) is 1.83. The van der Waals surface area contributed by atoms with E-state index in [9.17, 15) is 0 Å². The summed E-state index contributed by atoms with van der Waals surface area (Å²) in [4.78, 5) is 8.03. The van der Waals surface area contributed by atoms with Gasteiger partial charge < -0.3 is 10.2 Å². The van der Waals surface area contributed by atoms with Crippen LogP contribution in [0.15, 0.2) is 0 Å². The van der Waals surface area contributed by atoms with Crippen molar-refractivity contribution in [3.63, 3.8) is 0 Å². The molecule has 23 heavy (non-hydrogen) atoms. The minimum Gasteiger partial charge on any atom is -0.317 e. The Morgan fingerprint density at radius 1 is 0.696 bits per heavy atom. The monoisotopic (exact) mass is 320 g/mol. The first-order chi connectivity index (χ1) is 11.2. The number of nitrogens with one attached hydrogen (secondary N) is 1. The lowest BCUT2D eigenvalue weighted by Crippen LogP contribution is -2.48. The number of rotatable bonds is 2. The molecule has 4 heterocycles. The van der Waals surface area contributed by atoms with Gasteiger partial charge >= 0.3 is 0 Å². The molecular formula is C19H36N4. The zero-order valence-corrected chi connectivity index (χ0v) is 15.2. The van der Waals surface area contributed by atoms with Crippen LogP contribution in [0.2, 0.25) is 0 Å². The molecule has 1 N–H and O–H groups in total. The maximum Gasteiger partial charge on any atom is 0.0506 e. The van der Waals surface area contributed by atoms with Crippen LogP contribution in [-0.2, 0) is 0 Å². The SMILES string of the molecule is CN1CCC2(CC1)CCN(CN1CCC3(CCNCC3)CC1)C2. The van der Waals surface area contributed by atoms with Gasteiger partial charge in [0.1, 0.15) is 0 Å². The van der Waals surface area contributed by atoms with Gasteiger partial charge in [0.15, 0.2) is 0 Å². The third kappa shape index (κ3) is 3.60. The first-order valence-corrected chi connectivity index (χ1v) is 10.0. The molecule has 4 saturated heterocycles. The third-order valence-corrected chi connectivity index (χ3v) is 7.55. The Kier molecular flexibility index (Phi) is 4.70. The van der Waals surface area contributed by atoms with Gasteiger partial charge in [-0.3, -0.25) is 9.80 Å². The van der Waals surface area contributed by atoms with Crippen molar-refractivity contribution in [3.05, 3.63) is 0 Å². The van der Waals surface area contributed by atoms with Crippen molar-refractivity contribution in [2.75, 3.05) is 66.1 Å². The third-order valence-electron chi connectivity index (χ3n) is 7.55. The topological polar surface area (TPSA) is 21.8 Å². The Hall–Kier alpha value is -0.160. The first-order valence-electron chi connectivity index (χ1n) is 10.0. The van der Waals surface area contributed by atoms with E-state index in [4.69, 9.17) is 0 Å². The molecule has 4 fully saturated rings. The average Bonchev–Trinajstić information content (AvgIpc) is 2.97. The molecule has 0 unspecified atom stereocenters. The molecule has 0 saturated carbocycles. The second-order valence-electron chi connectivity index (χ2n) is 9.12. The van der Waals surface area contributed by atoms with Crippen LogP contribution in [0.5, 0.6) is 0 Å². The van der Waals surface area contributed by atoms with E-state index in [1.165, 1.54) is 104 Å². The summed E-state index contributed by atoms with van der Waals surface area (Å²) in [6.45, 7) is 11.8. The molecular weight excluding hydrogens is 284 g/mol. The second kappa shape index (κ2) is 6.62. The minimum atomic E-state index is 0.665. The largest absolute Gasteiger partial charge is 0.317 e. The Morgan fingerprint density at radius 3 is 1.96 bits per heavy atom. The van der Waals surface area contributed by atoms with Gasteiger partial charge in [0.2, 0.25) is 0 Å². The summed E-state index contributed by atoms with van der Waals surface area (Å²) < 4.78 is 0. The van der Waals surface area contributed by atoms with Gasteiger partial charge in [0.25, 0.3) is 0 Å². The lowest BCUT2D eigenvalue weighted by Gasteiger charge is -2.45. The maximum atomic E-state index is 3.54. The van der Waals surface area contributed by atoms with E-state index in [-0.39, 0.29) is 0 Å². The number of nitrogens with zero attached hydrogens (tertiary/aromatic N) is 3. The van der Waals surface area contributed by atoms with Crippen LogP contribution in [0.3, 0.4) is 0 Å². The van der Waals surface area contributed by atoms with Crippen LogP contribution < -0.4 is 5.32 Å². The van der Waals surface area contributed by atoms with E-state index in [2.05, 4.69) is 27.1 Å². The fourth-order valence-corrected chi connectivity index (χ4v) is 5.56. The summed E-state index contributed by atoms with van der Waals surface area (Å²) in [5, 5.41) is 3.54. The number of hydrogen-bond acceptors (Lipinski definition) is 4. The van der Waals surface area contributed by atoms with Crippen LogP contribution in [0, 0.1) is 10.8 Å². The van der Waals surface area contributed by atoms with Crippen molar-refractivity contribution in [1.82, 2.24) is 20.0 Å². The van der Waals surface area contributed by atoms with Gasteiger partial charge in [0, 0.05) is 6.54 Å². The average molecular weight is 321 g/mol. The van der Waals surface area contributed by atoms with Crippen LogP contribution in [0.1, 0.15) is 44.9 Å². The van der Waals surface area contributed by atoms with E-state index in [0.717, 1.165) is 0 Å². The summed E-state index contributed by atoms with van der Waals surface area (Å²) in [6.07, 6.45) is 10.0. The maximum absolute atomic E-state index is 3.54. The van der Waals surface area contributed by atoms with E-state index >= 15 is 0 Å². The molecule has 4 heteroatoms. The Bertz CT molecular complexity index is 386. The molecule has 0 radical (unpaired) electrons. The highest BCUT2D eigenvalue weighted by Gasteiger charge is 2.41. The van der Waals surface area contributed by atoms with Gasteiger partial charge in [0.05, 0.1) is 6.67 Å². The van der Waals surface area contributed by atoms with Crippen molar-refractivity contribution in [3.8, 4) is 0 Å². The molecule has 2 spiro atoms. The molecule has 0 aromatic carbocycles. The van der Waals surface area contributed by atoms with Crippen LogP contribution in [0.4, 0.5) is 0 Å². The van der Waals surface area contributed by atoms with Crippen molar-refractivity contribution >= 4 is 0 Å². The molecule has 0 aromatic rings. The van der Waals surface area contributed by atoms with Crippen molar-refractivity contribution in [2.24, 2.45) is 10.8 Å². The van der Waals surface area contributed by atoms with Crippen LogP contribution >= 0.6 is 0 Å². The zero-order chi connectivity index (χ0) is 15.8. The Morgan fingerprint density at radius 2 is 1.26 bits per heavy atom.